The predicted molar refractivity (Wildman–Crippen MR) is 91.3 cm³/mol. The maximum atomic E-state index is 12.3. The summed E-state index contributed by atoms with van der Waals surface area (Å²) < 4.78 is 4.62. The molecule has 5 N–H and O–H groups in total. The first kappa shape index (κ1) is 20.6. The zero-order valence-corrected chi connectivity index (χ0v) is 15.0. The van der Waals surface area contributed by atoms with Gasteiger partial charge in [-0.05, 0) is 12.8 Å². The van der Waals surface area contributed by atoms with E-state index in [1.165, 1.54) is 11.8 Å². The smallest absolute Gasteiger partial charge is 0.404 e. The van der Waals surface area contributed by atoms with Crippen LogP contribution in [0.5, 0.6) is 0 Å². The Morgan fingerprint density at radius 3 is 2.48 bits per heavy atom. The minimum Gasteiger partial charge on any atom is -0.481 e. The number of rotatable bonds is 9. The van der Waals surface area contributed by atoms with Gasteiger partial charge >= 0.3 is 18.0 Å². The van der Waals surface area contributed by atoms with Crippen LogP contribution in [0.4, 0.5) is 4.79 Å². The van der Waals surface area contributed by atoms with Crippen LogP contribution in [0.25, 0.3) is 0 Å². The third-order valence-corrected chi connectivity index (χ3v) is 5.34. The van der Waals surface area contributed by atoms with Gasteiger partial charge in [0.15, 0.2) is 0 Å². The van der Waals surface area contributed by atoms with Crippen LogP contribution in [0.3, 0.4) is 0 Å². The molecule has 0 saturated carbocycles. The van der Waals surface area contributed by atoms with Crippen molar-refractivity contribution in [1.29, 1.82) is 0 Å². The van der Waals surface area contributed by atoms with Crippen molar-refractivity contribution in [1.82, 2.24) is 10.2 Å². The Morgan fingerprint density at radius 1 is 1.22 bits per heavy atom. The van der Waals surface area contributed by atoms with Gasteiger partial charge in [0, 0.05) is 24.2 Å². The molecule has 3 amide bonds. The summed E-state index contributed by atoms with van der Waals surface area (Å²) in [6.07, 6.45) is -0.295. The summed E-state index contributed by atoms with van der Waals surface area (Å²) in [7, 11) is 0. The van der Waals surface area contributed by atoms with E-state index in [0.717, 1.165) is 4.90 Å². The van der Waals surface area contributed by atoms with Gasteiger partial charge in [0.25, 0.3) is 5.91 Å². The molecule has 0 spiro atoms. The molecule has 0 aromatic rings. The number of nitrogens with zero attached hydrogens (tertiary/aromatic N) is 1. The van der Waals surface area contributed by atoms with E-state index < -0.39 is 41.3 Å². The number of carbonyl (C=O) groups excluding carboxylic acids is 3. The van der Waals surface area contributed by atoms with Gasteiger partial charge in [-0.3, -0.25) is 19.3 Å². The number of carboxylic acid groups (broad SMARTS) is 2. The van der Waals surface area contributed by atoms with Crippen LogP contribution < -0.4 is 11.1 Å². The number of aliphatic carboxylic acids is 2. The quantitative estimate of drug-likeness (QED) is 0.292. The van der Waals surface area contributed by atoms with Crippen molar-refractivity contribution in [3.63, 3.8) is 0 Å². The van der Waals surface area contributed by atoms with Gasteiger partial charge in [0.05, 0.1) is 0 Å². The van der Waals surface area contributed by atoms with Crippen LogP contribution in [0.15, 0.2) is 11.3 Å². The van der Waals surface area contributed by atoms with Gasteiger partial charge in [-0.1, -0.05) is 0 Å². The lowest BCUT2D eigenvalue weighted by Crippen LogP contribution is -2.70. The minimum absolute atomic E-state index is 0.0369. The van der Waals surface area contributed by atoms with E-state index >= 15 is 0 Å². The SMILES string of the molecule is NC(=O)OCC1=C(C(=O)O)N2C(=O)C(NC(=O)CCCCC(=O)O)C2SC1. The average Bonchev–Trinajstić information content (AvgIpc) is 2.60. The van der Waals surface area contributed by atoms with Crippen molar-refractivity contribution in [2.45, 2.75) is 37.1 Å². The van der Waals surface area contributed by atoms with E-state index in [9.17, 15) is 29.1 Å². The molecule has 2 atom stereocenters. The van der Waals surface area contributed by atoms with Crippen LogP contribution in [0.2, 0.25) is 0 Å². The molecule has 0 aromatic carbocycles. The van der Waals surface area contributed by atoms with Crippen molar-refractivity contribution in [2.75, 3.05) is 12.4 Å². The topological polar surface area (TPSA) is 176 Å². The molecule has 148 valence electrons. The predicted octanol–water partition coefficient (Wildman–Crippen LogP) is -0.535. The van der Waals surface area contributed by atoms with Crippen molar-refractivity contribution < 1.29 is 38.9 Å². The van der Waals surface area contributed by atoms with Crippen molar-refractivity contribution >= 4 is 41.6 Å². The number of fused-ring (bicyclic) bond motifs is 1. The molecule has 2 unspecified atom stereocenters. The molecule has 0 bridgehead atoms. The van der Waals surface area contributed by atoms with Crippen molar-refractivity contribution in [3.05, 3.63) is 11.3 Å². The fraction of sp³-hybridized carbons (Fsp3) is 0.533. The number of hydrogen-bond acceptors (Lipinski definition) is 7. The first-order valence-electron chi connectivity index (χ1n) is 8.05. The van der Waals surface area contributed by atoms with Crippen LogP contribution in [0, 0.1) is 0 Å². The number of amides is 3. The third-order valence-electron chi connectivity index (χ3n) is 4.00. The molecule has 1 fully saturated rings. The maximum absolute atomic E-state index is 12.3. The van der Waals surface area contributed by atoms with Crippen LogP contribution >= 0.6 is 11.8 Å². The number of nitrogens with two attached hydrogens (primary N) is 1. The molecule has 27 heavy (non-hydrogen) atoms. The Balaban J connectivity index is 1.96. The van der Waals surface area contributed by atoms with E-state index in [-0.39, 0.29) is 36.5 Å². The average molecular weight is 401 g/mol. The number of primary amides is 1. The molecule has 2 aliphatic heterocycles. The molecule has 1 saturated heterocycles. The minimum atomic E-state index is -1.34. The Bertz CT molecular complexity index is 707. The Morgan fingerprint density at radius 2 is 1.89 bits per heavy atom. The maximum Gasteiger partial charge on any atom is 0.404 e. The number of hydrogen-bond donors (Lipinski definition) is 4. The Kier molecular flexibility index (Phi) is 6.66. The van der Waals surface area contributed by atoms with Gasteiger partial charge in [0.1, 0.15) is 23.7 Å². The van der Waals surface area contributed by atoms with Gasteiger partial charge in [-0.25, -0.2) is 9.59 Å². The largest absolute Gasteiger partial charge is 0.481 e. The zero-order valence-electron chi connectivity index (χ0n) is 14.2. The summed E-state index contributed by atoms with van der Waals surface area (Å²) in [6.45, 7) is -0.332. The van der Waals surface area contributed by atoms with E-state index in [1.54, 1.807) is 0 Å². The molecule has 0 aliphatic carbocycles. The highest BCUT2D eigenvalue weighted by Crippen LogP contribution is 2.40. The molecule has 12 heteroatoms. The first-order chi connectivity index (χ1) is 12.7. The summed E-state index contributed by atoms with van der Waals surface area (Å²) in [4.78, 5) is 58.0. The van der Waals surface area contributed by atoms with E-state index in [0.29, 0.717) is 12.8 Å². The Hall–Kier alpha value is -2.76. The highest BCUT2D eigenvalue weighted by molar-refractivity contribution is 8.00. The highest BCUT2D eigenvalue weighted by Gasteiger charge is 2.54. The zero-order chi connectivity index (χ0) is 20.1. The molecule has 2 heterocycles. The van der Waals surface area contributed by atoms with Gasteiger partial charge in [-0.2, -0.15) is 0 Å². The van der Waals surface area contributed by atoms with Crippen LogP contribution in [-0.2, 0) is 23.9 Å². The standard InChI is InChI=1S/C15H19N3O8S/c16-15(25)26-5-7-6-27-13-10(12(22)18(13)11(7)14(23)24)17-8(19)3-1-2-4-9(20)21/h10,13H,1-6H2,(H2,16,25)(H,17,19)(H,20,21)(H,23,24). The van der Waals surface area contributed by atoms with Crippen LogP contribution in [0.1, 0.15) is 25.7 Å². The second-order valence-electron chi connectivity index (χ2n) is 5.92. The van der Waals surface area contributed by atoms with Gasteiger partial charge in [-0.15, -0.1) is 11.8 Å². The summed E-state index contributed by atoms with van der Waals surface area (Å²) in [5, 5.41) is 19.9. The van der Waals surface area contributed by atoms with Crippen molar-refractivity contribution in [2.24, 2.45) is 5.73 Å². The van der Waals surface area contributed by atoms with E-state index in [2.05, 4.69) is 10.1 Å². The molecular weight excluding hydrogens is 382 g/mol. The molecule has 2 rings (SSSR count). The molecule has 2 aliphatic rings. The second kappa shape index (κ2) is 8.75. The molecule has 0 aromatic heterocycles. The Labute approximate surface area is 157 Å². The monoisotopic (exact) mass is 401 g/mol. The number of β-lactam (4-membered cyclic amide) rings is 1. The fourth-order valence-electron chi connectivity index (χ4n) is 2.76. The summed E-state index contributed by atoms with van der Waals surface area (Å²) in [5.41, 5.74) is 4.86. The fourth-order valence-corrected chi connectivity index (χ4v) is 4.09. The second-order valence-corrected chi connectivity index (χ2v) is 7.03. The number of unbranched alkanes of at least 4 members (excludes halogenated alkanes) is 1. The first-order valence-corrected chi connectivity index (χ1v) is 9.10. The third kappa shape index (κ3) is 4.90. The van der Waals surface area contributed by atoms with Gasteiger partial charge < -0.3 is 26.0 Å². The lowest BCUT2D eigenvalue weighted by molar-refractivity contribution is -0.150. The van der Waals surface area contributed by atoms with Crippen LogP contribution in [-0.4, -0.2) is 68.7 Å². The summed E-state index contributed by atoms with van der Waals surface area (Å²) in [5.74, 6) is -3.05. The van der Waals surface area contributed by atoms with Gasteiger partial charge in [0.2, 0.25) is 5.91 Å². The lowest BCUT2D eigenvalue weighted by Gasteiger charge is -2.49. The number of carboxylic acids is 2. The molecule has 0 radical (unpaired) electrons. The number of ether oxygens (including phenoxy) is 1. The lowest BCUT2D eigenvalue weighted by atomic mass is 10.0. The molecular formula is C15H19N3O8S. The van der Waals surface area contributed by atoms with E-state index in [1.807, 2.05) is 0 Å². The number of nitrogens with one attached hydrogen (secondary N) is 1. The highest BCUT2D eigenvalue weighted by atomic mass is 32.2. The van der Waals surface area contributed by atoms with E-state index in [4.69, 9.17) is 10.8 Å². The number of thioether (sulfide) groups is 1. The summed E-state index contributed by atoms with van der Waals surface area (Å²) in [6, 6.07) is -0.852. The van der Waals surface area contributed by atoms with Crippen molar-refractivity contribution in [3.8, 4) is 0 Å². The normalized spacial score (nSPS) is 21.2. The molecule has 11 nitrogen and oxygen atoms in total. The number of carbonyl (C=O) groups is 5. The summed E-state index contributed by atoms with van der Waals surface area (Å²) >= 11 is 1.24.